The second kappa shape index (κ2) is 11.8. The Balaban J connectivity index is 1.22. The minimum atomic E-state index is -3.35. The van der Waals surface area contributed by atoms with E-state index >= 15 is 0 Å². The number of rotatable bonds is 7. The van der Waals surface area contributed by atoms with Crippen LogP contribution in [-0.2, 0) is 14.6 Å². The summed E-state index contributed by atoms with van der Waals surface area (Å²) in [5.41, 5.74) is 7.47. The number of nitrogen functional groups attached to an aromatic ring is 1. The number of carbonyl (C=O) groups excluding carboxylic acids is 2. The van der Waals surface area contributed by atoms with E-state index in [9.17, 15) is 18.0 Å². The fourth-order valence-electron chi connectivity index (χ4n) is 5.55. The van der Waals surface area contributed by atoms with Gasteiger partial charge in [-0.2, -0.15) is 0 Å². The average Bonchev–Trinajstić information content (AvgIpc) is 3.55. The van der Waals surface area contributed by atoms with E-state index in [0.717, 1.165) is 35.7 Å². The highest BCUT2D eigenvalue weighted by Gasteiger charge is 2.30. The Morgan fingerprint density at radius 2 is 1.88 bits per heavy atom. The van der Waals surface area contributed by atoms with Crippen LogP contribution >= 0.6 is 23.1 Å². The topological polar surface area (TPSA) is 166 Å². The van der Waals surface area contributed by atoms with Gasteiger partial charge in [-0.15, -0.1) is 28.2 Å². The number of aromatic nitrogens is 5. The standard InChI is InChI=1S/C28H32N8O4S3/c1-16-32-28(42-20-9-7-19(37)8-10-20)23(41-16)27(38)33-17-4-3-13-35(14-17)26-22-24(29)30-15-31-25(22)36(34-26)18-5-11-21(12-6-18)43(2,39)40/h5-6,11-12,15,17,20H,3-4,7-10,13-14H2,1-2H3,(H,33,38)(H2,29,30,31)/t17-/m1/s1. The van der Waals surface area contributed by atoms with Crippen molar-refractivity contribution in [1.82, 2.24) is 30.0 Å². The minimum Gasteiger partial charge on any atom is -0.383 e. The number of aryl methyl sites for hydroxylation is 1. The van der Waals surface area contributed by atoms with Gasteiger partial charge in [0, 0.05) is 43.5 Å². The molecule has 43 heavy (non-hydrogen) atoms. The van der Waals surface area contributed by atoms with Gasteiger partial charge in [-0.25, -0.2) is 28.1 Å². The number of carbonyl (C=O) groups is 2. The number of nitrogens with zero attached hydrogens (tertiary/aromatic N) is 6. The Hall–Kier alpha value is -3.56. The number of ketones is 1. The van der Waals surface area contributed by atoms with Crippen molar-refractivity contribution in [2.45, 2.75) is 66.7 Å². The van der Waals surface area contributed by atoms with Crippen LogP contribution in [0.15, 0.2) is 40.5 Å². The second-order valence-electron chi connectivity index (χ2n) is 10.9. The predicted molar refractivity (Wildman–Crippen MR) is 167 cm³/mol. The first-order chi connectivity index (χ1) is 20.6. The molecule has 1 amide bonds. The van der Waals surface area contributed by atoms with Crippen molar-refractivity contribution < 1.29 is 18.0 Å². The smallest absolute Gasteiger partial charge is 0.264 e. The van der Waals surface area contributed by atoms with E-state index in [1.165, 1.54) is 36.1 Å². The summed E-state index contributed by atoms with van der Waals surface area (Å²) in [5, 5.41) is 10.5. The summed E-state index contributed by atoms with van der Waals surface area (Å²) in [6.45, 7) is 3.13. The molecule has 0 spiro atoms. The van der Waals surface area contributed by atoms with Gasteiger partial charge in [-0.1, -0.05) is 0 Å². The molecule has 1 aliphatic carbocycles. The summed E-state index contributed by atoms with van der Waals surface area (Å²) in [5.74, 6) is 1.06. The van der Waals surface area contributed by atoms with Crippen LogP contribution in [0, 0.1) is 6.92 Å². The molecule has 2 fully saturated rings. The number of sulfone groups is 1. The fourth-order valence-corrected chi connectivity index (χ4v) is 8.40. The van der Waals surface area contributed by atoms with Crippen molar-refractivity contribution in [2.24, 2.45) is 0 Å². The van der Waals surface area contributed by atoms with E-state index in [2.05, 4.69) is 25.2 Å². The monoisotopic (exact) mass is 640 g/mol. The molecule has 4 heterocycles. The summed E-state index contributed by atoms with van der Waals surface area (Å²) in [7, 11) is -3.35. The van der Waals surface area contributed by atoms with Gasteiger partial charge < -0.3 is 16.0 Å². The number of thioether (sulfide) groups is 1. The highest BCUT2D eigenvalue weighted by molar-refractivity contribution is 8.00. The van der Waals surface area contributed by atoms with E-state index in [0.29, 0.717) is 59.1 Å². The first kappa shape index (κ1) is 29.5. The highest BCUT2D eigenvalue weighted by atomic mass is 32.2. The molecule has 15 heteroatoms. The number of nitrogens with two attached hydrogens (primary N) is 1. The maximum atomic E-state index is 13.5. The Bertz CT molecular complexity index is 1790. The maximum Gasteiger partial charge on any atom is 0.264 e. The molecular formula is C28H32N8O4S3. The normalized spacial score (nSPS) is 18.3. The summed E-state index contributed by atoms with van der Waals surface area (Å²) in [4.78, 5) is 41.4. The van der Waals surface area contributed by atoms with Gasteiger partial charge in [0.25, 0.3) is 5.91 Å². The van der Waals surface area contributed by atoms with E-state index < -0.39 is 9.84 Å². The van der Waals surface area contributed by atoms with Gasteiger partial charge in [-0.3, -0.25) is 9.59 Å². The van der Waals surface area contributed by atoms with Crippen LogP contribution in [0.25, 0.3) is 16.7 Å². The largest absolute Gasteiger partial charge is 0.383 e. The van der Waals surface area contributed by atoms with Crippen LogP contribution in [0.3, 0.4) is 0 Å². The number of anilines is 2. The van der Waals surface area contributed by atoms with E-state index in [4.69, 9.17) is 10.8 Å². The summed E-state index contributed by atoms with van der Waals surface area (Å²) in [6.07, 6.45) is 6.99. The van der Waals surface area contributed by atoms with Crippen LogP contribution < -0.4 is 16.0 Å². The molecule has 4 aromatic rings. The fraction of sp³-hybridized carbons (Fsp3) is 0.429. The number of fused-ring (bicyclic) bond motifs is 1. The van der Waals surface area contributed by atoms with E-state index in [1.807, 2.05) is 6.92 Å². The lowest BCUT2D eigenvalue weighted by Crippen LogP contribution is -2.48. The molecule has 2 aliphatic rings. The first-order valence-electron chi connectivity index (χ1n) is 14.1. The third-order valence-electron chi connectivity index (χ3n) is 7.72. The summed E-state index contributed by atoms with van der Waals surface area (Å²) >= 11 is 3.00. The molecule has 3 aromatic heterocycles. The molecule has 1 saturated carbocycles. The minimum absolute atomic E-state index is 0.131. The van der Waals surface area contributed by atoms with Gasteiger partial charge in [0.15, 0.2) is 21.3 Å². The molecule has 1 aliphatic heterocycles. The Morgan fingerprint density at radius 3 is 2.60 bits per heavy atom. The zero-order valence-electron chi connectivity index (χ0n) is 23.8. The number of benzene rings is 1. The SMILES string of the molecule is Cc1nc(SC2CCC(=O)CC2)c(C(=O)N[C@@H]2CCCN(c3nn(-c4ccc(S(C)(=O)=O)cc4)c4ncnc(N)c34)C2)s1. The molecule has 3 N–H and O–H groups in total. The molecule has 6 rings (SSSR count). The average molecular weight is 641 g/mol. The van der Waals surface area contributed by atoms with Crippen LogP contribution in [0.5, 0.6) is 0 Å². The Labute approximate surface area is 257 Å². The van der Waals surface area contributed by atoms with Crippen LogP contribution in [0.2, 0.25) is 0 Å². The van der Waals surface area contributed by atoms with E-state index in [-0.39, 0.29) is 27.9 Å². The lowest BCUT2D eigenvalue weighted by Gasteiger charge is -2.33. The van der Waals surface area contributed by atoms with Crippen LogP contribution in [0.4, 0.5) is 11.6 Å². The van der Waals surface area contributed by atoms with Crippen LogP contribution in [-0.4, -0.2) is 75.5 Å². The number of nitrogens with one attached hydrogen (secondary N) is 1. The second-order valence-corrected chi connectivity index (χ2v) is 15.4. The van der Waals surface area contributed by atoms with E-state index in [1.54, 1.807) is 28.6 Å². The van der Waals surface area contributed by atoms with Gasteiger partial charge in [-0.05, 0) is 56.9 Å². The third kappa shape index (κ3) is 6.24. The first-order valence-corrected chi connectivity index (χ1v) is 17.7. The van der Waals surface area contributed by atoms with Crippen molar-refractivity contribution >= 4 is 67.3 Å². The number of thiazole rings is 1. The highest BCUT2D eigenvalue weighted by Crippen LogP contribution is 2.37. The van der Waals surface area contributed by atoms with Crippen molar-refractivity contribution in [2.75, 3.05) is 30.0 Å². The molecule has 0 radical (unpaired) electrons. The number of piperidine rings is 1. The van der Waals surface area contributed by atoms with Crippen LogP contribution in [0.1, 0.15) is 53.2 Å². The molecule has 12 nitrogen and oxygen atoms in total. The summed E-state index contributed by atoms with van der Waals surface area (Å²) < 4.78 is 25.5. The molecule has 0 bridgehead atoms. The number of hydrogen-bond donors (Lipinski definition) is 2. The molecule has 1 atom stereocenters. The third-order valence-corrected chi connectivity index (χ3v) is 11.3. The Morgan fingerprint density at radius 1 is 1.14 bits per heavy atom. The number of Topliss-reactive ketones (excluding diaryl/α,β-unsaturated/α-hetero) is 1. The molecule has 0 unspecified atom stereocenters. The van der Waals surface area contributed by atoms with Crippen molar-refractivity contribution in [3.63, 3.8) is 0 Å². The van der Waals surface area contributed by atoms with Crippen molar-refractivity contribution in [3.05, 3.63) is 40.5 Å². The quantitative estimate of drug-likeness (QED) is 0.303. The molecule has 1 aromatic carbocycles. The summed E-state index contributed by atoms with van der Waals surface area (Å²) in [6, 6.07) is 6.31. The molecule has 1 saturated heterocycles. The molecular weight excluding hydrogens is 609 g/mol. The molecule has 226 valence electrons. The zero-order chi connectivity index (χ0) is 30.3. The maximum absolute atomic E-state index is 13.5. The number of amides is 1. The lowest BCUT2D eigenvalue weighted by atomic mass is 9.99. The van der Waals surface area contributed by atoms with Gasteiger partial charge in [0.2, 0.25) is 0 Å². The predicted octanol–water partition coefficient (Wildman–Crippen LogP) is 3.57. The zero-order valence-corrected chi connectivity index (χ0v) is 26.3. The van der Waals surface area contributed by atoms with Gasteiger partial charge >= 0.3 is 0 Å². The van der Waals surface area contributed by atoms with Gasteiger partial charge in [0.1, 0.15) is 33.2 Å². The number of hydrogen-bond acceptors (Lipinski definition) is 12. The Kier molecular flexibility index (Phi) is 8.13. The lowest BCUT2D eigenvalue weighted by molar-refractivity contribution is -0.120. The van der Waals surface area contributed by atoms with Gasteiger partial charge in [0.05, 0.1) is 15.6 Å². The van der Waals surface area contributed by atoms with Crippen molar-refractivity contribution in [3.8, 4) is 5.69 Å². The van der Waals surface area contributed by atoms with Crippen molar-refractivity contribution in [1.29, 1.82) is 0 Å².